The smallest absolute Gasteiger partial charge is 0.127 e. The first kappa shape index (κ1) is 8.64. The second-order valence-electron chi connectivity index (χ2n) is 3.26. The van der Waals surface area contributed by atoms with Crippen molar-refractivity contribution in [2.24, 2.45) is 0 Å². The molecule has 68 valence electrons. The van der Waals surface area contributed by atoms with Gasteiger partial charge in [-0.05, 0) is 19.3 Å². The zero-order chi connectivity index (χ0) is 9.26. The molecule has 0 saturated carbocycles. The first-order valence-electron chi connectivity index (χ1n) is 4.45. The van der Waals surface area contributed by atoms with Gasteiger partial charge in [0.05, 0.1) is 0 Å². The average Bonchev–Trinajstić information content (AvgIpc) is 2.72. The van der Waals surface area contributed by atoms with Crippen molar-refractivity contribution in [1.82, 2.24) is 0 Å². The molecule has 2 heteroatoms. The molecule has 0 aliphatic heterocycles. The van der Waals surface area contributed by atoms with Crippen LogP contribution in [0, 0.1) is 0 Å². The molecule has 0 radical (unpaired) electrons. The summed E-state index contributed by atoms with van der Waals surface area (Å²) in [6, 6.07) is 0. The molecule has 0 saturated heterocycles. The maximum absolute atomic E-state index is 9.85. The van der Waals surface area contributed by atoms with Gasteiger partial charge in [-0.2, -0.15) is 0 Å². The van der Waals surface area contributed by atoms with Crippen LogP contribution in [0.3, 0.4) is 0 Å². The second-order valence-corrected chi connectivity index (χ2v) is 3.72. The van der Waals surface area contributed by atoms with Crippen molar-refractivity contribution >= 4 is 11.6 Å². The Morgan fingerprint density at radius 2 is 1.92 bits per heavy atom. The van der Waals surface area contributed by atoms with Crippen LogP contribution < -0.4 is 0 Å². The van der Waals surface area contributed by atoms with Crippen LogP contribution in [0.2, 0.25) is 0 Å². The Hall–Kier alpha value is -0.950. The van der Waals surface area contributed by atoms with Crippen molar-refractivity contribution in [2.75, 3.05) is 0 Å². The lowest BCUT2D eigenvalue weighted by atomic mass is 10.1. The summed E-state index contributed by atoms with van der Waals surface area (Å²) < 4.78 is 0. The van der Waals surface area contributed by atoms with Crippen LogP contribution in [0.4, 0.5) is 0 Å². The molecule has 0 aromatic rings. The number of hydrogen-bond acceptors (Lipinski definition) is 1. The van der Waals surface area contributed by atoms with Crippen molar-refractivity contribution in [3.63, 3.8) is 0 Å². The Labute approximate surface area is 82.7 Å². The molecule has 0 atom stereocenters. The highest BCUT2D eigenvalue weighted by Crippen LogP contribution is 2.34. The zero-order valence-corrected chi connectivity index (χ0v) is 8.01. The molecule has 2 rings (SSSR count). The topological polar surface area (TPSA) is 20.2 Å². The molecule has 2 aliphatic carbocycles. The summed E-state index contributed by atoms with van der Waals surface area (Å²) in [5.41, 5.74) is 1.79. The molecule has 0 unspecified atom stereocenters. The second kappa shape index (κ2) is 3.43. The minimum atomic E-state index is 0.354. The fraction of sp³-hybridized carbons (Fsp3) is 0.273. The highest BCUT2D eigenvalue weighted by Gasteiger charge is 2.17. The number of halogens is 1. The van der Waals surface area contributed by atoms with Gasteiger partial charge in [-0.15, -0.1) is 0 Å². The maximum Gasteiger partial charge on any atom is 0.127 e. The lowest BCUT2D eigenvalue weighted by Gasteiger charge is -2.03. The molecule has 1 nitrogen and oxygen atoms in total. The predicted octanol–water partition coefficient (Wildman–Crippen LogP) is 3.60. The summed E-state index contributed by atoms with van der Waals surface area (Å²) >= 11 is 5.99. The highest BCUT2D eigenvalue weighted by molar-refractivity contribution is 6.30. The molecule has 1 N–H and O–H groups in total. The third-order valence-electron chi connectivity index (χ3n) is 2.37. The predicted molar refractivity (Wildman–Crippen MR) is 54.7 cm³/mol. The van der Waals surface area contributed by atoms with Crippen LogP contribution in [0.1, 0.15) is 19.3 Å². The van der Waals surface area contributed by atoms with Gasteiger partial charge in [-0.1, -0.05) is 35.9 Å². The van der Waals surface area contributed by atoms with Gasteiger partial charge in [0.2, 0.25) is 0 Å². The van der Waals surface area contributed by atoms with E-state index in [1.807, 2.05) is 24.3 Å². The molecule has 0 aromatic carbocycles. The van der Waals surface area contributed by atoms with E-state index in [9.17, 15) is 5.11 Å². The SMILES string of the molecule is OC(=C1C=CC=C1)C1=C(Cl)CCC1. The van der Waals surface area contributed by atoms with Gasteiger partial charge in [-0.3, -0.25) is 0 Å². The third kappa shape index (κ3) is 1.56. The minimum absolute atomic E-state index is 0.354. The molecule has 2 aliphatic rings. The van der Waals surface area contributed by atoms with Crippen molar-refractivity contribution < 1.29 is 5.11 Å². The average molecular weight is 195 g/mol. The summed E-state index contributed by atoms with van der Waals surface area (Å²) in [4.78, 5) is 0. The van der Waals surface area contributed by atoms with Crippen molar-refractivity contribution in [1.29, 1.82) is 0 Å². The van der Waals surface area contributed by atoms with Crippen LogP contribution in [0.25, 0.3) is 0 Å². The first-order valence-corrected chi connectivity index (χ1v) is 4.83. The standard InChI is InChI=1S/C11H11ClO/c12-10-7-3-6-9(10)11(13)8-4-1-2-5-8/h1-2,4-5,13H,3,6-7H2. The monoisotopic (exact) mass is 194 g/mol. The fourth-order valence-electron chi connectivity index (χ4n) is 1.66. The maximum atomic E-state index is 9.85. The molecule has 13 heavy (non-hydrogen) atoms. The summed E-state index contributed by atoms with van der Waals surface area (Å²) in [7, 11) is 0. The van der Waals surface area contributed by atoms with E-state index >= 15 is 0 Å². The van der Waals surface area contributed by atoms with Gasteiger partial charge in [0, 0.05) is 16.2 Å². The molecule has 0 fully saturated rings. The van der Waals surface area contributed by atoms with Crippen LogP contribution in [0.5, 0.6) is 0 Å². The molecular weight excluding hydrogens is 184 g/mol. The largest absolute Gasteiger partial charge is 0.507 e. The molecule has 0 heterocycles. The number of rotatable bonds is 1. The van der Waals surface area contributed by atoms with E-state index in [4.69, 9.17) is 11.6 Å². The normalized spacial score (nSPS) is 20.5. The Morgan fingerprint density at radius 1 is 1.23 bits per heavy atom. The van der Waals surface area contributed by atoms with E-state index in [0.29, 0.717) is 5.76 Å². The van der Waals surface area contributed by atoms with Crippen LogP contribution in [0.15, 0.2) is 46.2 Å². The zero-order valence-electron chi connectivity index (χ0n) is 7.26. The summed E-state index contributed by atoms with van der Waals surface area (Å²) in [6.45, 7) is 0. The van der Waals surface area contributed by atoms with Crippen LogP contribution in [-0.4, -0.2) is 5.11 Å². The minimum Gasteiger partial charge on any atom is -0.507 e. The Bertz CT molecular complexity index is 331. The Kier molecular flexibility index (Phi) is 2.28. The van der Waals surface area contributed by atoms with Gasteiger partial charge in [0.15, 0.2) is 0 Å². The van der Waals surface area contributed by atoms with E-state index in [0.717, 1.165) is 35.4 Å². The number of hydrogen-bond donors (Lipinski definition) is 1. The van der Waals surface area contributed by atoms with Gasteiger partial charge in [0.25, 0.3) is 0 Å². The summed E-state index contributed by atoms with van der Waals surface area (Å²) in [6.07, 6.45) is 10.5. The number of aliphatic hydroxyl groups is 1. The first-order chi connectivity index (χ1) is 6.29. The fourth-order valence-corrected chi connectivity index (χ4v) is 1.98. The van der Waals surface area contributed by atoms with Crippen LogP contribution >= 0.6 is 11.6 Å². The number of aliphatic hydroxyl groups excluding tert-OH is 1. The van der Waals surface area contributed by atoms with Gasteiger partial charge in [0.1, 0.15) is 5.76 Å². The number of allylic oxidation sites excluding steroid dienone is 7. The van der Waals surface area contributed by atoms with Crippen molar-refractivity contribution in [2.45, 2.75) is 19.3 Å². The Balaban J connectivity index is 2.36. The molecular formula is C11H11ClO. The van der Waals surface area contributed by atoms with Crippen molar-refractivity contribution in [3.05, 3.63) is 46.2 Å². The van der Waals surface area contributed by atoms with E-state index in [2.05, 4.69) is 0 Å². The van der Waals surface area contributed by atoms with E-state index in [1.165, 1.54) is 0 Å². The van der Waals surface area contributed by atoms with Gasteiger partial charge in [-0.25, -0.2) is 0 Å². The van der Waals surface area contributed by atoms with E-state index in [1.54, 1.807) is 0 Å². The lowest BCUT2D eigenvalue weighted by molar-refractivity contribution is 0.417. The quantitative estimate of drug-likeness (QED) is 0.633. The third-order valence-corrected chi connectivity index (χ3v) is 2.79. The molecule has 0 bridgehead atoms. The molecule has 0 spiro atoms. The van der Waals surface area contributed by atoms with Crippen LogP contribution in [-0.2, 0) is 0 Å². The lowest BCUT2D eigenvalue weighted by Crippen LogP contribution is -1.89. The highest BCUT2D eigenvalue weighted by atomic mass is 35.5. The summed E-state index contributed by atoms with van der Waals surface area (Å²) in [5, 5.41) is 10.7. The van der Waals surface area contributed by atoms with Gasteiger partial charge < -0.3 is 5.11 Å². The Morgan fingerprint density at radius 3 is 2.46 bits per heavy atom. The van der Waals surface area contributed by atoms with Crippen molar-refractivity contribution in [3.8, 4) is 0 Å². The molecule has 0 aromatic heterocycles. The van der Waals surface area contributed by atoms with E-state index in [-0.39, 0.29) is 0 Å². The van der Waals surface area contributed by atoms with Gasteiger partial charge >= 0.3 is 0 Å². The molecule has 0 amide bonds. The summed E-state index contributed by atoms with van der Waals surface area (Å²) in [5.74, 6) is 0.354. The van der Waals surface area contributed by atoms with E-state index < -0.39 is 0 Å².